The molecular formula is C47H34N4S. The number of fused-ring (bicyclic) bond motifs is 5. The van der Waals surface area contributed by atoms with E-state index in [4.69, 9.17) is 15.7 Å². The van der Waals surface area contributed by atoms with Gasteiger partial charge < -0.3 is 10.3 Å². The van der Waals surface area contributed by atoms with Gasteiger partial charge in [0.2, 0.25) is 0 Å². The van der Waals surface area contributed by atoms with Gasteiger partial charge >= 0.3 is 0 Å². The second-order valence-corrected chi connectivity index (χ2v) is 13.9. The highest BCUT2D eigenvalue weighted by atomic mass is 32.2. The third kappa shape index (κ3) is 6.12. The van der Waals surface area contributed by atoms with Crippen LogP contribution in [0.1, 0.15) is 27.8 Å². The molecular weight excluding hydrogens is 653 g/mol. The SMILES string of the molecule is NC(=NC(=NCc1ccccc1)c1ccccc1)c1cccc(-c2cccc(-n3c4ccccc4c4cc5c(cc43)Sc3ccccc3C=C5)c2)c1. The van der Waals surface area contributed by atoms with E-state index in [9.17, 15) is 0 Å². The maximum absolute atomic E-state index is 6.74. The Morgan fingerprint density at radius 3 is 2.10 bits per heavy atom. The number of aliphatic imine (C=N–C) groups is 2. The number of rotatable bonds is 6. The van der Waals surface area contributed by atoms with E-state index in [1.807, 2.05) is 72.4 Å². The molecule has 0 spiro atoms. The highest BCUT2D eigenvalue weighted by Crippen LogP contribution is 2.42. The van der Waals surface area contributed by atoms with Crippen molar-refractivity contribution in [1.29, 1.82) is 0 Å². The standard InChI is InChI=1S/C47H34N4S/c48-46(50-47(34-16-5-2-6-17-34)49-31-32-13-3-1-4-14-32)38-20-11-18-35(27-38)36-19-12-21-39(28-36)51-42-23-9-8-22-40(42)41-29-37-26-25-33-15-7-10-24-44(33)52-45(37)30-43(41)51/h1-30H,31H2,(H2,48,49,50). The number of amidine groups is 2. The molecule has 0 saturated carbocycles. The van der Waals surface area contributed by atoms with Crippen LogP contribution in [0.25, 0.3) is 50.8 Å². The van der Waals surface area contributed by atoms with Crippen molar-refractivity contribution in [3.63, 3.8) is 0 Å². The number of para-hydroxylation sites is 1. The Hall–Kier alpha value is -6.43. The van der Waals surface area contributed by atoms with Crippen molar-refractivity contribution in [1.82, 2.24) is 4.57 Å². The predicted octanol–water partition coefficient (Wildman–Crippen LogP) is 11.4. The van der Waals surface area contributed by atoms with E-state index in [2.05, 4.69) is 126 Å². The van der Waals surface area contributed by atoms with Crippen LogP contribution in [-0.4, -0.2) is 16.2 Å². The van der Waals surface area contributed by atoms with Gasteiger partial charge in [-0.3, -0.25) is 4.99 Å². The highest BCUT2D eigenvalue weighted by Gasteiger charge is 2.18. The lowest BCUT2D eigenvalue weighted by molar-refractivity contribution is 1.06. The molecule has 2 heterocycles. The van der Waals surface area contributed by atoms with Gasteiger partial charge in [-0.2, -0.15) is 0 Å². The normalized spacial score (nSPS) is 12.8. The number of benzene rings is 7. The van der Waals surface area contributed by atoms with Gasteiger partial charge in [0.1, 0.15) is 5.84 Å². The summed E-state index contributed by atoms with van der Waals surface area (Å²) in [5.41, 5.74) is 17.7. The Balaban J connectivity index is 1.10. The maximum atomic E-state index is 6.74. The fourth-order valence-corrected chi connectivity index (χ4v) is 7.96. The van der Waals surface area contributed by atoms with Crippen molar-refractivity contribution in [2.75, 3.05) is 0 Å². The van der Waals surface area contributed by atoms with Crippen LogP contribution in [0.4, 0.5) is 0 Å². The van der Waals surface area contributed by atoms with Crippen LogP contribution in [0.15, 0.2) is 190 Å². The van der Waals surface area contributed by atoms with Crippen LogP contribution >= 0.6 is 11.8 Å². The Bertz CT molecular complexity index is 2690. The molecule has 2 N–H and O–H groups in total. The lowest BCUT2D eigenvalue weighted by atomic mass is 10.0. The van der Waals surface area contributed by atoms with Crippen molar-refractivity contribution in [3.8, 4) is 16.8 Å². The largest absolute Gasteiger partial charge is 0.383 e. The highest BCUT2D eigenvalue weighted by molar-refractivity contribution is 7.99. The molecule has 0 unspecified atom stereocenters. The third-order valence-electron chi connectivity index (χ3n) is 9.49. The average molecular weight is 687 g/mol. The van der Waals surface area contributed by atoms with Gasteiger partial charge in [-0.15, -0.1) is 0 Å². The van der Waals surface area contributed by atoms with Crippen LogP contribution < -0.4 is 5.73 Å². The average Bonchev–Trinajstić information content (AvgIpc) is 3.40. The molecule has 0 bridgehead atoms. The summed E-state index contributed by atoms with van der Waals surface area (Å²) < 4.78 is 2.39. The van der Waals surface area contributed by atoms with Crippen molar-refractivity contribution >= 4 is 57.4 Å². The summed E-state index contributed by atoms with van der Waals surface area (Å²) >= 11 is 1.83. The first-order valence-corrected chi connectivity index (χ1v) is 18.2. The lowest BCUT2D eigenvalue weighted by Crippen LogP contribution is -2.16. The summed E-state index contributed by atoms with van der Waals surface area (Å²) in [6.07, 6.45) is 4.48. The Kier molecular flexibility index (Phi) is 8.31. The molecule has 0 amide bonds. The predicted molar refractivity (Wildman–Crippen MR) is 220 cm³/mol. The molecule has 0 atom stereocenters. The van der Waals surface area contributed by atoms with Crippen molar-refractivity contribution in [2.24, 2.45) is 15.7 Å². The van der Waals surface area contributed by atoms with Crippen LogP contribution in [0.5, 0.6) is 0 Å². The van der Waals surface area contributed by atoms with Crippen LogP contribution in [0.2, 0.25) is 0 Å². The monoisotopic (exact) mass is 686 g/mol. The number of hydrogen-bond donors (Lipinski definition) is 1. The molecule has 248 valence electrons. The zero-order chi connectivity index (χ0) is 34.9. The first-order valence-electron chi connectivity index (χ1n) is 17.4. The second-order valence-electron chi connectivity index (χ2n) is 12.9. The molecule has 0 fully saturated rings. The summed E-state index contributed by atoms with van der Waals surface area (Å²) in [6, 6.07) is 59.3. The van der Waals surface area contributed by atoms with E-state index in [0.29, 0.717) is 18.2 Å². The molecule has 1 aliphatic rings. The van der Waals surface area contributed by atoms with Crippen LogP contribution in [0, 0.1) is 0 Å². The Morgan fingerprint density at radius 1 is 0.538 bits per heavy atom. The summed E-state index contributed by atoms with van der Waals surface area (Å²) in [5.74, 6) is 1.03. The minimum absolute atomic E-state index is 0.421. The molecule has 0 aliphatic carbocycles. The van der Waals surface area contributed by atoms with Gasteiger partial charge in [-0.25, -0.2) is 4.99 Å². The van der Waals surface area contributed by atoms with Gasteiger partial charge in [0.25, 0.3) is 0 Å². The van der Waals surface area contributed by atoms with E-state index in [-0.39, 0.29) is 0 Å². The van der Waals surface area contributed by atoms with Crippen molar-refractivity contribution in [3.05, 3.63) is 198 Å². The van der Waals surface area contributed by atoms with Crippen molar-refractivity contribution < 1.29 is 0 Å². The Labute approximate surface area is 307 Å². The van der Waals surface area contributed by atoms with E-state index < -0.39 is 0 Å². The molecule has 7 aromatic carbocycles. The fourth-order valence-electron chi connectivity index (χ4n) is 6.91. The molecule has 5 heteroatoms. The third-order valence-corrected chi connectivity index (χ3v) is 10.7. The molecule has 1 aromatic heterocycles. The first-order chi connectivity index (χ1) is 25.7. The van der Waals surface area contributed by atoms with Gasteiger partial charge in [-0.05, 0) is 70.3 Å². The Morgan fingerprint density at radius 2 is 1.23 bits per heavy atom. The molecule has 1 aliphatic heterocycles. The molecule has 8 aromatic rings. The van der Waals surface area contributed by atoms with E-state index in [0.717, 1.165) is 33.5 Å². The summed E-state index contributed by atoms with van der Waals surface area (Å²) in [6.45, 7) is 0.517. The quantitative estimate of drug-likeness (QED) is 0.140. The fraction of sp³-hybridized carbons (Fsp3) is 0.0213. The van der Waals surface area contributed by atoms with E-state index >= 15 is 0 Å². The topological polar surface area (TPSA) is 55.7 Å². The first kappa shape index (κ1) is 31.5. The summed E-state index contributed by atoms with van der Waals surface area (Å²) in [4.78, 5) is 12.3. The number of nitrogens with zero attached hydrogens (tertiary/aromatic N) is 3. The van der Waals surface area contributed by atoms with Gasteiger partial charge in [0, 0.05) is 37.4 Å². The van der Waals surface area contributed by atoms with E-state index in [1.165, 1.54) is 42.7 Å². The molecule has 4 nitrogen and oxygen atoms in total. The number of nitrogens with two attached hydrogens (primary N) is 1. The number of aromatic nitrogens is 1. The smallest absolute Gasteiger partial charge is 0.157 e. The summed E-state index contributed by atoms with van der Waals surface area (Å²) in [7, 11) is 0. The minimum atomic E-state index is 0.421. The van der Waals surface area contributed by atoms with Crippen LogP contribution in [-0.2, 0) is 6.54 Å². The summed E-state index contributed by atoms with van der Waals surface area (Å²) in [5, 5.41) is 2.48. The van der Waals surface area contributed by atoms with E-state index in [1.54, 1.807) is 0 Å². The number of hydrogen-bond acceptors (Lipinski definition) is 2. The van der Waals surface area contributed by atoms with Gasteiger partial charge in [-0.1, -0.05) is 151 Å². The molecule has 52 heavy (non-hydrogen) atoms. The molecule has 9 rings (SSSR count). The maximum Gasteiger partial charge on any atom is 0.157 e. The lowest BCUT2D eigenvalue weighted by Gasteiger charge is -2.12. The minimum Gasteiger partial charge on any atom is -0.383 e. The zero-order valence-corrected chi connectivity index (χ0v) is 29.2. The molecule has 0 saturated heterocycles. The van der Waals surface area contributed by atoms with Gasteiger partial charge in [0.05, 0.1) is 17.6 Å². The molecule has 0 radical (unpaired) electrons. The van der Waals surface area contributed by atoms with Crippen LogP contribution in [0.3, 0.4) is 0 Å². The van der Waals surface area contributed by atoms with Crippen molar-refractivity contribution in [2.45, 2.75) is 16.3 Å². The second kappa shape index (κ2) is 13.7. The van der Waals surface area contributed by atoms with Gasteiger partial charge in [0.15, 0.2) is 5.84 Å². The zero-order valence-electron chi connectivity index (χ0n) is 28.4.